The standard InChI is InChI=1S/C10H7ClO4/c11-6-1-2-8-5(3-6)4-7(9(12)13)10(14)15-8/h1-5,8H,(H,12,13)/t5-,8+/m0/s1. The Kier molecular flexibility index (Phi) is 2.36. The van der Waals surface area contributed by atoms with E-state index in [2.05, 4.69) is 0 Å². The average Bonchev–Trinajstić information content (AvgIpc) is 2.17. The van der Waals surface area contributed by atoms with Crippen LogP contribution in [0.1, 0.15) is 0 Å². The second-order valence-electron chi connectivity index (χ2n) is 3.24. The Morgan fingerprint density at radius 1 is 1.47 bits per heavy atom. The van der Waals surface area contributed by atoms with Crippen LogP contribution in [0.2, 0.25) is 0 Å². The molecule has 0 aromatic heterocycles. The largest absolute Gasteiger partial charge is 0.477 e. The molecule has 0 unspecified atom stereocenters. The van der Waals surface area contributed by atoms with Crippen LogP contribution in [0, 0.1) is 5.92 Å². The van der Waals surface area contributed by atoms with Gasteiger partial charge in [-0.3, -0.25) is 0 Å². The fraction of sp³-hybridized carbons (Fsp3) is 0.200. The number of aliphatic carboxylic acids is 1. The molecular formula is C10H7ClO4. The molecule has 0 bridgehead atoms. The van der Waals surface area contributed by atoms with E-state index in [4.69, 9.17) is 21.4 Å². The SMILES string of the molecule is O=C(O)C1=C[C@@H]2C=C(Cl)C=C[C@H]2OC1=O. The zero-order valence-electron chi connectivity index (χ0n) is 7.51. The highest BCUT2D eigenvalue weighted by molar-refractivity contribution is 6.31. The van der Waals surface area contributed by atoms with Crippen LogP contribution in [0.4, 0.5) is 0 Å². The first-order chi connectivity index (χ1) is 7.08. The van der Waals surface area contributed by atoms with Crippen LogP contribution in [0.25, 0.3) is 0 Å². The van der Waals surface area contributed by atoms with Crippen molar-refractivity contribution in [2.75, 3.05) is 0 Å². The summed E-state index contributed by atoms with van der Waals surface area (Å²) in [6, 6.07) is 0. The maximum Gasteiger partial charge on any atom is 0.345 e. The zero-order valence-corrected chi connectivity index (χ0v) is 8.27. The molecule has 2 atom stereocenters. The van der Waals surface area contributed by atoms with Crippen LogP contribution in [0.15, 0.2) is 34.9 Å². The molecule has 0 amide bonds. The topological polar surface area (TPSA) is 63.6 Å². The minimum atomic E-state index is -1.28. The summed E-state index contributed by atoms with van der Waals surface area (Å²) in [5, 5.41) is 9.23. The quantitative estimate of drug-likeness (QED) is 0.540. The Balaban J connectivity index is 2.36. The van der Waals surface area contributed by atoms with Gasteiger partial charge in [-0.2, -0.15) is 0 Å². The molecule has 0 aromatic carbocycles. The number of ether oxygens (including phenoxy) is 1. The smallest absolute Gasteiger partial charge is 0.345 e. The van der Waals surface area contributed by atoms with Crippen LogP contribution in [0.5, 0.6) is 0 Å². The van der Waals surface area contributed by atoms with Crippen LogP contribution in [0.3, 0.4) is 0 Å². The number of allylic oxidation sites excluding steroid dienone is 2. The highest BCUT2D eigenvalue weighted by Gasteiger charge is 2.33. The summed E-state index contributed by atoms with van der Waals surface area (Å²) in [4.78, 5) is 21.9. The molecule has 0 spiro atoms. The number of fused-ring (bicyclic) bond motifs is 1. The van der Waals surface area contributed by atoms with Crippen molar-refractivity contribution in [2.45, 2.75) is 6.10 Å². The first-order valence-electron chi connectivity index (χ1n) is 4.29. The lowest BCUT2D eigenvalue weighted by Crippen LogP contribution is -2.32. The van der Waals surface area contributed by atoms with Crippen LogP contribution >= 0.6 is 11.6 Å². The van der Waals surface area contributed by atoms with Gasteiger partial charge in [0.15, 0.2) is 0 Å². The predicted molar refractivity (Wildman–Crippen MR) is 52.2 cm³/mol. The van der Waals surface area contributed by atoms with Gasteiger partial charge in [0.05, 0.1) is 0 Å². The number of hydrogen-bond donors (Lipinski definition) is 1. The third-order valence-corrected chi connectivity index (χ3v) is 2.48. The third-order valence-electron chi connectivity index (χ3n) is 2.23. The van der Waals surface area contributed by atoms with Gasteiger partial charge in [0.2, 0.25) is 0 Å². The molecule has 1 aliphatic heterocycles. The number of carbonyl (C=O) groups is 2. The third kappa shape index (κ3) is 1.80. The number of esters is 1. The van der Waals surface area contributed by atoms with Crippen LogP contribution in [-0.2, 0) is 14.3 Å². The molecule has 15 heavy (non-hydrogen) atoms. The summed E-state index contributed by atoms with van der Waals surface area (Å²) in [5.41, 5.74) is -0.340. The second-order valence-corrected chi connectivity index (χ2v) is 3.68. The molecule has 1 aliphatic carbocycles. The summed E-state index contributed by atoms with van der Waals surface area (Å²) in [5.74, 6) is -2.37. The molecule has 2 rings (SSSR count). The van der Waals surface area contributed by atoms with E-state index in [-0.39, 0.29) is 11.5 Å². The maximum absolute atomic E-state index is 11.2. The van der Waals surface area contributed by atoms with E-state index in [9.17, 15) is 9.59 Å². The van der Waals surface area contributed by atoms with E-state index in [1.165, 1.54) is 6.08 Å². The molecule has 5 heteroatoms. The van der Waals surface area contributed by atoms with E-state index < -0.39 is 18.0 Å². The van der Waals surface area contributed by atoms with Gasteiger partial charge in [0.1, 0.15) is 11.7 Å². The Bertz CT molecular complexity index is 419. The van der Waals surface area contributed by atoms with Crippen molar-refractivity contribution in [1.82, 2.24) is 0 Å². The zero-order chi connectivity index (χ0) is 11.0. The molecule has 0 saturated heterocycles. The summed E-state index contributed by atoms with van der Waals surface area (Å²) < 4.78 is 4.93. The van der Waals surface area contributed by atoms with Crippen molar-refractivity contribution < 1.29 is 19.4 Å². The number of hydrogen-bond acceptors (Lipinski definition) is 3. The van der Waals surface area contributed by atoms with Crippen molar-refractivity contribution in [3.8, 4) is 0 Å². The first-order valence-corrected chi connectivity index (χ1v) is 4.67. The van der Waals surface area contributed by atoms with E-state index in [1.807, 2.05) is 0 Å². The Labute approximate surface area is 90.5 Å². The van der Waals surface area contributed by atoms with E-state index in [1.54, 1.807) is 18.2 Å². The molecule has 2 aliphatic rings. The van der Waals surface area contributed by atoms with Crippen LogP contribution in [-0.4, -0.2) is 23.1 Å². The summed E-state index contributed by atoms with van der Waals surface area (Å²) in [6.45, 7) is 0. The maximum atomic E-state index is 11.2. The highest BCUT2D eigenvalue weighted by atomic mass is 35.5. The lowest BCUT2D eigenvalue weighted by atomic mass is 9.92. The van der Waals surface area contributed by atoms with E-state index in [0.717, 1.165) is 0 Å². The lowest BCUT2D eigenvalue weighted by molar-refractivity contribution is -0.148. The van der Waals surface area contributed by atoms with E-state index >= 15 is 0 Å². The van der Waals surface area contributed by atoms with Gasteiger partial charge in [-0.1, -0.05) is 23.8 Å². The number of rotatable bonds is 1. The van der Waals surface area contributed by atoms with Crippen molar-refractivity contribution in [3.05, 3.63) is 34.9 Å². The van der Waals surface area contributed by atoms with Gasteiger partial charge in [0.25, 0.3) is 0 Å². The Morgan fingerprint density at radius 2 is 2.20 bits per heavy atom. The molecule has 1 N–H and O–H groups in total. The normalized spacial score (nSPS) is 28.7. The summed E-state index contributed by atoms with van der Waals surface area (Å²) >= 11 is 5.76. The fourth-order valence-electron chi connectivity index (χ4n) is 1.52. The molecule has 0 saturated carbocycles. The lowest BCUT2D eigenvalue weighted by Gasteiger charge is -2.26. The fourth-order valence-corrected chi connectivity index (χ4v) is 1.73. The van der Waals surface area contributed by atoms with Crippen LogP contribution < -0.4 is 0 Å². The second kappa shape index (κ2) is 3.55. The number of halogens is 1. The number of carbonyl (C=O) groups excluding carboxylic acids is 1. The molecule has 0 aromatic rings. The predicted octanol–water partition coefficient (Wildman–Crippen LogP) is 1.23. The minimum Gasteiger partial charge on any atom is -0.477 e. The van der Waals surface area contributed by atoms with Gasteiger partial charge in [-0.05, 0) is 12.2 Å². The first kappa shape index (κ1) is 9.98. The van der Waals surface area contributed by atoms with Gasteiger partial charge in [0, 0.05) is 11.0 Å². The number of carboxylic acids is 1. The molecule has 1 heterocycles. The minimum absolute atomic E-state index is 0.286. The van der Waals surface area contributed by atoms with Crippen molar-refractivity contribution in [3.63, 3.8) is 0 Å². The van der Waals surface area contributed by atoms with E-state index in [0.29, 0.717) is 5.03 Å². The monoisotopic (exact) mass is 226 g/mol. The Morgan fingerprint density at radius 3 is 2.87 bits per heavy atom. The van der Waals surface area contributed by atoms with Gasteiger partial charge in [-0.25, -0.2) is 9.59 Å². The molecule has 4 nitrogen and oxygen atoms in total. The highest BCUT2D eigenvalue weighted by Crippen LogP contribution is 2.28. The van der Waals surface area contributed by atoms with Gasteiger partial charge >= 0.3 is 11.9 Å². The van der Waals surface area contributed by atoms with Crippen molar-refractivity contribution in [2.24, 2.45) is 5.92 Å². The average molecular weight is 227 g/mol. The Hall–Kier alpha value is -1.55. The van der Waals surface area contributed by atoms with Crippen molar-refractivity contribution in [1.29, 1.82) is 0 Å². The number of carboxylic acid groups (broad SMARTS) is 1. The molecule has 78 valence electrons. The van der Waals surface area contributed by atoms with Gasteiger partial charge < -0.3 is 9.84 Å². The van der Waals surface area contributed by atoms with Crippen molar-refractivity contribution >= 4 is 23.5 Å². The summed E-state index contributed by atoms with van der Waals surface area (Å²) in [6.07, 6.45) is 5.84. The van der Waals surface area contributed by atoms with Gasteiger partial charge in [-0.15, -0.1) is 0 Å². The summed E-state index contributed by atoms with van der Waals surface area (Å²) in [7, 11) is 0. The molecule has 0 fully saturated rings. The molecule has 0 radical (unpaired) electrons. The molecular weight excluding hydrogens is 220 g/mol.